The van der Waals surface area contributed by atoms with Crippen molar-refractivity contribution in [3.05, 3.63) is 35.9 Å². The number of amides is 1. The molecule has 1 aliphatic heterocycles. The second-order valence-corrected chi connectivity index (χ2v) is 7.76. The summed E-state index contributed by atoms with van der Waals surface area (Å²) in [6, 6.07) is 8.26. The van der Waals surface area contributed by atoms with Crippen LogP contribution in [0.2, 0.25) is 0 Å². The van der Waals surface area contributed by atoms with Crippen molar-refractivity contribution in [3.63, 3.8) is 0 Å². The van der Waals surface area contributed by atoms with Crippen LogP contribution < -0.4 is 0 Å². The summed E-state index contributed by atoms with van der Waals surface area (Å²) in [5, 5.41) is 0. The first-order valence-corrected chi connectivity index (χ1v) is 9.11. The first kappa shape index (κ1) is 16.9. The molecule has 2 rings (SSSR count). The Hall–Kier alpha value is -1.44. The van der Waals surface area contributed by atoms with Crippen molar-refractivity contribution in [1.29, 1.82) is 0 Å². The molecule has 7 heteroatoms. The van der Waals surface area contributed by atoms with E-state index in [4.69, 9.17) is 0 Å². The minimum Gasteiger partial charge on any atom is -0.338 e. The average Bonchev–Trinajstić information content (AvgIpc) is 2.48. The predicted molar refractivity (Wildman–Crippen MR) is 85.9 cm³/mol. The lowest BCUT2D eigenvalue weighted by molar-refractivity contribution is -0.136. The Morgan fingerprint density at radius 3 is 2.18 bits per heavy atom. The summed E-state index contributed by atoms with van der Waals surface area (Å²) in [7, 11) is 0.00309. The van der Waals surface area contributed by atoms with Crippen LogP contribution in [0.25, 0.3) is 0 Å². The number of hydrogen-bond acceptors (Lipinski definition) is 4. The molecule has 1 heterocycles. The molecule has 1 aliphatic rings. The van der Waals surface area contributed by atoms with Crippen LogP contribution in [0.1, 0.15) is 11.6 Å². The molecule has 0 aromatic heterocycles. The van der Waals surface area contributed by atoms with E-state index in [1.165, 1.54) is 7.05 Å². The van der Waals surface area contributed by atoms with Crippen LogP contribution in [0, 0.1) is 0 Å². The molecule has 22 heavy (non-hydrogen) atoms. The molecule has 122 valence electrons. The van der Waals surface area contributed by atoms with Gasteiger partial charge in [0, 0.05) is 33.2 Å². The van der Waals surface area contributed by atoms with Gasteiger partial charge in [-0.2, -0.15) is 4.31 Å². The van der Waals surface area contributed by atoms with Crippen molar-refractivity contribution in [2.24, 2.45) is 0 Å². The van der Waals surface area contributed by atoms with Crippen molar-refractivity contribution in [2.75, 3.05) is 46.5 Å². The lowest BCUT2D eigenvalue weighted by Gasteiger charge is -2.36. The second kappa shape index (κ2) is 6.76. The van der Waals surface area contributed by atoms with Crippen molar-refractivity contribution in [1.82, 2.24) is 14.1 Å². The number of hydrogen-bond donors (Lipinski definition) is 0. The second-order valence-electron chi connectivity index (χ2n) is 5.72. The van der Waals surface area contributed by atoms with E-state index in [2.05, 4.69) is 4.90 Å². The van der Waals surface area contributed by atoms with Gasteiger partial charge in [0.25, 0.3) is 0 Å². The first-order chi connectivity index (χ1) is 10.3. The van der Waals surface area contributed by atoms with Crippen molar-refractivity contribution >= 4 is 15.9 Å². The van der Waals surface area contributed by atoms with Crippen molar-refractivity contribution in [2.45, 2.75) is 6.04 Å². The maximum atomic E-state index is 12.9. The summed E-state index contributed by atoms with van der Waals surface area (Å²) >= 11 is 0. The van der Waals surface area contributed by atoms with Gasteiger partial charge in [0.15, 0.2) is 0 Å². The largest absolute Gasteiger partial charge is 0.338 e. The van der Waals surface area contributed by atoms with Crippen LogP contribution >= 0.6 is 0 Å². The van der Waals surface area contributed by atoms with Gasteiger partial charge >= 0.3 is 0 Å². The molecule has 0 unspecified atom stereocenters. The number of carbonyl (C=O) groups excluding carboxylic acids is 1. The molecular formula is C15H23N3O3S. The van der Waals surface area contributed by atoms with Crippen LogP contribution in [-0.4, -0.2) is 75.0 Å². The van der Waals surface area contributed by atoms with Gasteiger partial charge in [-0.05, 0) is 12.6 Å². The highest BCUT2D eigenvalue weighted by Gasteiger charge is 2.34. The van der Waals surface area contributed by atoms with Crippen LogP contribution in [0.15, 0.2) is 30.3 Å². The normalized spacial score (nSPS) is 18.5. The molecule has 0 bridgehead atoms. The number of benzene rings is 1. The van der Waals surface area contributed by atoms with E-state index in [1.54, 1.807) is 17.0 Å². The third-order valence-electron chi connectivity index (χ3n) is 4.05. The summed E-state index contributed by atoms with van der Waals surface area (Å²) in [4.78, 5) is 16.8. The Morgan fingerprint density at radius 2 is 1.68 bits per heavy atom. The maximum Gasteiger partial charge on any atom is 0.245 e. The van der Waals surface area contributed by atoms with E-state index in [0.717, 1.165) is 23.7 Å². The molecule has 1 fully saturated rings. The topological polar surface area (TPSA) is 60.9 Å². The van der Waals surface area contributed by atoms with Gasteiger partial charge in [-0.25, -0.2) is 8.42 Å². The van der Waals surface area contributed by atoms with E-state index < -0.39 is 16.1 Å². The number of carbonyl (C=O) groups is 1. The summed E-state index contributed by atoms with van der Waals surface area (Å²) < 4.78 is 25.0. The monoisotopic (exact) mass is 325 g/mol. The third kappa shape index (κ3) is 3.85. The quantitative estimate of drug-likeness (QED) is 0.804. The van der Waals surface area contributed by atoms with Crippen molar-refractivity contribution < 1.29 is 13.2 Å². The molecule has 1 atom stereocenters. The van der Waals surface area contributed by atoms with Gasteiger partial charge in [-0.1, -0.05) is 30.3 Å². The smallest absolute Gasteiger partial charge is 0.245 e. The highest BCUT2D eigenvalue weighted by molar-refractivity contribution is 7.88. The summed E-state index contributed by atoms with van der Waals surface area (Å²) in [5.41, 5.74) is 0.694. The van der Waals surface area contributed by atoms with E-state index in [-0.39, 0.29) is 5.91 Å². The molecule has 0 radical (unpaired) electrons. The number of likely N-dealkylation sites (N-methyl/N-ethyl adjacent to an activating group) is 2. The van der Waals surface area contributed by atoms with Crippen LogP contribution in [0.5, 0.6) is 0 Å². The van der Waals surface area contributed by atoms with E-state index in [0.29, 0.717) is 18.7 Å². The summed E-state index contributed by atoms with van der Waals surface area (Å²) in [6.45, 7) is 2.85. The Kier molecular flexibility index (Phi) is 5.20. The lowest BCUT2D eigenvalue weighted by atomic mass is 10.1. The Balaban J connectivity index is 2.30. The molecule has 6 nitrogen and oxygen atoms in total. The Labute approximate surface area is 132 Å². The molecule has 0 spiro atoms. The van der Waals surface area contributed by atoms with Gasteiger partial charge in [0.1, 0.15) is 6.04 Å². The zero-order valence-corrected chi connectivity index (χ0v) is 14.1. The molecule has 1 aromatic rings. The Bertz CT molecular complexity index is 610. The minimum absolute atomic E-state index is 0.160. The highest BCUT2D eigenvalue weighted by atomic mass is 32.2. The van der Waals surface area contributed by atoms with E-state index in [1.807, 2.05) is 25.2 Å². The lowest BCUT2D eigenvalue weighted by Crippen LogP contribution is -2.51. The number of piperazine rings is 1. The fraction of sp³-hybridized carbons (Fsp3) is 0.533. The average molecular weight is 325 g/mol. The minimum atomic E-state index is -3.47. The Morgan fingerprint density at radius 1 is 1.14 bits per heavy atom. The summed E-state index contributed by atoms with van der Waals surface area (Å²) in [5.74, 6) is -0.160. The highest BCUT2D eigenvalue weighted by Crippen LogP contribution is 2.24. The van der Waals surface area contributed by atoms with Crippen LogP contribution in [0.3, 0.4) is 0 Å². The zero-order chi connectivity index (χ0) is 16.3. The maximum absolute atomic E-state index is 12.9. The molecule has 1 amide bonds. The predicted octanol–water partition coefficient (Wildman–Crippen LogP) is 0.393. The van der Waals surface area contributed by atoms with Gasteiger partial charge in [0.2, 0.25) is 15.9 Å². The number of rotatable bonds is 4. The van der Waals surface area contributed by atoms with E-state index >= 15 is 0 Å². The van der Waals surface area contributed by atoms with Crippen LogP contribution in [0.4, 0.5) is 0 Å². The van der Waals surface area contributed by atoms with E-state index in [9.17, 15) is 13.2 Å². The van der Waals surface area contributed by atoms with Gasteiger partial charge in [-0.3, -0.25) is 4.79 Å². The van der Waals surface area contributed by atoms with Crippen LogP contribution in [-0.2, 0) is 14.8 Å². The van der Waals surface area contributed by atoms with Gasteiger partial charge < -0.3 is 9.80 Å². The first-order valence-electron chi connectivity index (χ1n) is 7.26. The molecule has 1 aromatic carbocycles. The summed E-state index contributed by atoms with van der Waals surface area (Å²) in [6.07, 6.45) is 1.13. The molecule has 0 aliphatic carbocycles. The fourth-order valence-electron chi connectivity index (χ4n) is 2.53. The number of sulfonamides is 1. The molecule has 0 saturated carbocycles. The molecule has 0 N–H and O–H groups in total. The van der Waals surface area contributed by atoms with Crippen molar-refractivity contribution in [3.8, 4) is 0 Å². The number of nitrogens with zero attached hydrogens (tertiary/aromatic N) is 3. The molecule has 1 saturated heterocycles. The van der Waals surface area contributed by atoms with Gasteiger partial charge in [-0.15, -0.1) is 0 Å². The molecular weight excluding hydrogens is 302 g/mol. The third-order valence-corrected chi connectivity index (χ3v) is 5.31. The van der Waals surface area contributed by atoms with Gasteiger partial charge in [0.05, 0.1) is 6.26 Å². The standard InChI is InChI=1S/C15H23N3O3S/c1-16-9-11-18(12-10-16)15(19)14(17(2)22(3,20)21)13-7-5-4-6-8-13/h4-8,14H,9-12H2,1-3H3/t14-/m1/s1. The SMILES string of the molecule is CN1CCN(C(=O)[C@@H](c2ccccc2)N(C)S(C)(=O)=O)CC1. The fourth-order valence-corrected chi connectivity index (χ4v) is 3.13. The zero-order valence-electron chi connectivity index (χ0n) is 13.3.